The number of carboxylic acids is 1. The Morgan fingerprint density at radius 2 is 1.75 bits per heavy atom. The van der Waals surface area contributed by atoms with Crippen molar-refractivity contribution in [2.24, 2.45) is 0 Å². The van der Waals surface area contributed by atoms with E-state index in [9.17, 15) is 14.4 Å². The quantitative estimate of drug-likeness (QED) is 0.350. The van der Waals surface area contributed by atoms with E-state index in [-0.39, 0.29) is 25.5 Å². The van der Waals surface area contributed by atoms with Crippen LogP contribution in [0.5, 0.6) is 11.6 Å². The summed E-state index contributed by atoms with van der Waals surface area (Å²) in [7, 11) is 0. The van der Waals surface area contributed by atoms with Crippen molar-refractivity contribution >= 4 is 29.2 Å². The Morgan fingerprint density at radius 3 is 2.39 bits per heavy atom. The van der Waals surface area contributed by atoms with Crippen molar-refractivity contribution in [2.45, 2.75) is 26.4 Å². The number of hydrogen-bond acceptors (Lipinski definition) is 7. The first-order valence-corrected chi connectivity index (χ1v) is 11.3. The predicted molar refractivity (Wildman–Crippen MR) is 134 cm³/mol. The van der Waals surface area contributed by atoms with Gasteiger partial charge in [-0.1, -0.05) is 41.4 Å². The van der Waals surface area contributed by atoms with Crippen molar-refractivity contribution in [1.82, 2.24) is 19.1 Å². The van der Waals surface area contributed by atoms with Gasteiger partial charge in [0.25, 0.3) is 0 Å². The summed E-state index contributed by atoms with van der Waals surface area (Å²) < 4.78 is 7.81. The van der Waals surface area contributed by atoms with E-state index in [2.05, 4.69) is 15.3 Å². The summed E-state index contributed by atoms with van der Waals surface area (Å²) >= 11 is 5.84. The van der Waals surface area contributed by atoms with Gasteiger partial charge in [-0.05, 0) is 42.8 Å². The number of aryl methyl sites for hydroxylation is 1. The van der Waals surface area contributed by atoms with Crippen molar-refractivity contribution in [1.29, 1.82) is 0 Å². The van der Waals surface area contributed by atoms with Gasteiger partial charge in [0.15, 0.2) is 0 Å². The Balaban J connectivity index is 1.63. The van der Waals surface area contributed by atoms with Crippen molar-refractivity contribution in [3.05, 3.63) is 104 Å². The molecule has 2 aromatic heterocycles. The molecular formula is C25H22ClN5O5. The molecule has 0 amide bonds. The van der Waals surface area contributed by atoms with Crippen LogP contribution in [0.4, 0.5) is 11.6 Å². The minimum Gasteiger partial charge on any atom is -0.481 e. The highest BCUT2D eigenvalue weighted by Crippen LogP contribution is 2.23. The molecule has 36 heavy (non-hydrogen) atoms. The molecule has 184 valence electrons. The van der Waals surface area contributed by atoms with E-state index < -0.39 is 17.3 Å². The van der Waals surface area contributed by atoms with Gasteiger partial charge in [-0.2, -0.15) is 4.98 Å². The summed E-state index contributed by atoms with van der Waals surface area (Å²) in [6, 6.07) is 17.6. The van der Waals surface area contributed by atoms with Gasteiger partial charge in [-0.25, -0.2) is 19.1 Å². The third kappa shape index (κ3) is 6.16. The number of rotatable bonds is 9. The van der Waals surface area contributed by atoms with Crippen LogP contribution in [0.1, 0.15) is 17.5 Å². The first-order chi connectivity index (χ1) is 17.3. The summed E-state index contributed by atoms with van der Waals surface area (Å²) in [5.74, 6) is -0.196. The molecule has 0 unspecified atom stereocenters. The van der Waals surface area contributed by atoms with Gasteiger partial charge in [-0.15, -0.1) is 0 Å². The number of aliphatic carboxylic acids is 1. The fraction of sp³-hybridized carbons (Fsp3) is 0.160. The number of nitrogens with zero attached hydrogens (tertiary/aromatic N) is 4. The SMILES string of the molecule is Cc1ccc(Cn2c(Nc3ccc(Oc4ccc(Cl)cn4)cc3)nc(=O)n(CCC(=O)O)c2=O)cc1. The number of aromatic nitrogens is 4. The van der Waals surface area contributed by atoms with Crippen LogP contribution in [0.2, 0.25) is 5.02 Å². The topological polar surface area (TPSA) is 128 Å². The molecule has 2 N–H and O–H groups in total. The number of hydrogen-bond donors (Lipinski definition) is 2. The first-order valence-electron chi connectivity index (χ1n) is 10.9. The van der Waals surface area contributed by atoms with Crippen LogP contribution in [-0.4, -0.2) is 30.2 Å². The molecule has 2 heterocycles. The Kier molecular flexibility index (Phi) is 7.45. The second-order valence-electron chi connectivity index (χ2n) is 7.93. The van der Waals surface area contributed by atoms with Gasteiger partial charge in [0.05, 0.1) is 18.0 Å². The highest BCUT2D eigenvalue weighted by atomic mass is 35.5. The maximum Gasteiger partial charge on any atom is 0.354 e. The van der Waals surface area contributed by atoms with Gasteiger partial charge < -0.3 is 15.2 Å². The number of benzene rings is 2. The van der Waals surface area contributed by atoms with E-state index in [0.717, 1.165) is 15.7 Å². The maximum atomic E-state index is 13.2. The van der Waals surface area contributed by atoms with Gasteiger partial charge in [0.2, 0.25) is 11.8 Å². The number of pyridine rings is 1. The minimum atomic E-state index is -1.12. The molecule has 2 aromatic carbocycles. The number of anilines is 2. The third-order valence-corrected chi connectivity index (χ3v) is 5.42. The average molecular weight is 508 g/mol. The van der Waals surface area contributed by atoms with E-state index >= 15 is 0 Å². The largest absolute Gasteiger partial charge is 0.481 e. The Labute approximate surface area is 210 Å². The van der Waals surface area contributed by atoms with E-state index in [1.165, 1.54) is 10.8 Å². The molecule has 4 rings (SSSR count). The second kappa shape index (κ2) is 10.9. The maximum absolute atomic E-state index is 13.2. The molecule has 0 aliphatic carbocycles. The third-order valence-electron chi connectivity index (χ3n) is 5.19. The smallest absolute Gasteiger partial charge is 0.354 e. The Hall–Kier alpha value is -4.44. The van der Waals surface area contributed by atoms with E-state index in [1.807, 2.05) is 31.2 Å². The van der Waals surface area contributed by atoms with Crippen LogP contribution in [0.15, 0.2) is 76.4 Å². The summed E-state index contributed by atoms with van der Waals surface area (Å²) in [5, 5.41) is 12.5. The van der Waals surface area contributed by atoms with Gasteiger partial charge in [-0.3, -0.25) is 9.36 Å². The standard InChI is InChI=1S/C25H22ClN5O5/c1-16-2-4-17(5-3-16)15-31-23(29-24(34)30(25(31)35)13-12-22(32)33)28-19-7-9-20(10-8-19)36-21-11-6-18(26)14-27-21/h2-11,14H,12-13,15H2,1H3,(H,32,33)(H,28,29,34). The summed E-state index contributed by atoms with van der Waals surface area (Å²) in [6.45, 7) is 1.80. The molecule has 0 aliphatic rings. The summed E-state index contributed by atoms with van der Waals surface area (Å²) in [5.41, 5.74) is 0.935. The zero-order chi connectivity index (χ0) is 25.7. The van der Waals surface area contributed by atoms with Crippen molar-refractivity contribution < 1.29 is 14.6 Å². The van der Waals surface area contributed by atoms with Gasteiger partial charge in [0.1, 0.15) is 5.75 Å². The first kappa shape index (κ1) is 24.7. The lowest BCUT2D eigenvalue weighted by atomic mass is 10.1. The predicted octanol–water partition coefficient (Wildman–Crippen LogP) is 3.82. The highest BCUT2D eigenvalue weighted by Gasteiger charge is 2.15. The van der Waals surface area contributed by atoms with Crippen LogP contribution >= 0.6 is 11.6 Å². The molecule has 0 bridgehead atoms. The van der Waals surface area contributed by atoms with Crippen LogP contribution in [0, 0.1) is 6.92 Å². The minimum absolute atomic E-state index is 0.0326. The molecule has 0 fully saturated rings. The summed E-state index contributed by atoms with van der Waals surface area (Å²) in [6.07, 6.45) is 1.10. The highest BCUT2D eigenvalue weighted by molar-refractivity contribution is 6.30. The van der Waals surface area contributed by atoms with Crippen LogP contribution in [0.3, 0.4) is 0 Å². The number of carbonyl (C=O) groups is 1. The summed E-state index contributed by atoms with van der Waals surface area (Å²) in [4.78, 5) is 44.9. The van der Waals surface area contributed by atoms with E-state index in [4.69, 9.17) is 21.4 Å². The molecule has 4 aromatic rings. The average Bonchev–Trinajstić information content (AvgIpc) is 2.85. The fourth-order valence-corrected chi connectivity index (χ4v) is 3.43. The lowest BCUT2D eigenvalue weighted by Gasteiger charge is -2.16. The zero-order valence-corrected chi connectivity index (χ0v) is 20.0. The van der Waals surface area contributed by atoms with Gasteiger partial charge >= 0.3 is 17.3 Å². The number of ether oxygens (including phenoxy) is 1. The van der Waals surface area contributed by atoms with Crippen LogP contribution in [-0.2, 0) is 17.9 Å². The molecule has 0 saturated carbocycles. The molecule has 10 nitrogen and oxygen atoms in total. The molecule has 0 aliphatic heterocycles. The zero-order valence-electron chi connectivity index (χ0n) is 19.2. The number of carboxylic acid groups (broad SMARTS) is 1. The molecular weight excluding hydrogens is 486 g/mol. The Morgan fingerprint density at radius 1 is 1.03 bits per heavy atom. The monoisotopic (exact) mass is 507 g/mol. The van der Waals surface area contributed by atoms with Crippen molar-refractivity contribution in [3.63, 3.8) is 0 Å². The lowest BCUT2D eigenvalue weighted by molar-refractivity contribution is -0.137. The second-order valence-corrected chi connectivity index (χ2v) is 8.37. The molecule has 0 spiro atoms. The normalized spacial score (nSPS) is 10.7. The molecule has 0 atom stereocenters. The van der Waals surface area contributed by atoms with Crippen LogP contribution < -0.4 is 21.4 Å². The number of nitrogens with one attached hydrogen (secondary N) is 1. The van der Waals surface area contributed by atoms with Crippen molar-refractivity contribution in [2.75, 3.05) is 5.32 Å². The number of halogens is 1. The molecule has 0 radical (unpaired) electrons. The fourth-order valence-electron chi connectivity index (χ4n) is 3.32. The van der Waals surface area contributed by atoms with Crippen molar-refractivity contribution in [3.8, 4) is 11.6 Å². The molecule has 0 saturated heterocycles. The Bertz CT molecular complexity index is 1480. The van der Waals surface area contributed by atoms with E-state index in [1.54, 1.807) is 36.4 Å². The van der Waals surface area contributed by atoms with Gasteiger partial charge in [0, 0.05) is 24.5 Å². The van der Waals surface area contributed by atoms with Crippen LogP contribution in [0.25, 0.3) is 0 Å². The molecule has 11 heteroatoms. The van der Waals surface area contributed by atoms with E-state index in [0.29, 0.717) is 22.3 Å². The lowest BCUT2D eigenvalue weighted by Crippen LogP contribution is -2.43.